The highest BCUT2D eigenvalue weighted by Gasteiger charge is 2.08. The summed E-state index contributed by atoms with van der Waals surface area (Å²) in [6, 6.07) is 7.95. The van der Waals surface area contributed by atoms with Gasteiger partial charge in [-0.3, -0.25) is 9.36 Å². The first-order valence-electron chi connectivity index (χ1n) is 6.79. The summed E-state index contributed by atoms with van der Waals surface area (Å²) in [4.78, 5) is 20.7. The van der Waals surface area contributed by atoms with Crippen molar-refractivity contribution in [1.82, 2.24) is 14.5 Å². The Morgan fingerprint density at radius 2 is 2.09 bits per heavy atom. The minimum absolute atomic E-state index is 0.215. The third kappa shape index (κ3) is 2.73. The predicted molar refractivity (Wildman–Crippen MR) is 81.1 cm³/mol. The van der Waals surface area contributed by atoms with Crippen LogP contribution in [0.15, 0.2) is 47.7 Å². The van der Waals surface area contributed by atoms with Crippen LogP contribution in [0.4, 0.5) is 4.39 Å². The standard InChI is InChI=1S/C16H14FN3O2/c1-22-6-5-20-10-19-14-8-12(9-18-15(14)16(20)21)11-3-2-4-13(17)7-11/h2-4,7-10H,5-6H2,1H3. The average Bonchev–Trinajstić information content (AvgIpc) is 2.54. The molecular formula is C16H14FN3O2. The predicted octanol–water partition coefficient (Wildman–Crippen LogP) is 2.24. The van der Waals surface area contributed by atoms with Crippen LogP contribution in [0.3, 0.4) is 0 Å². The number of aromatic nitrogens is 3. The van der Waals surface area contributed by atoms with Gasteiger partial charge in [0.15, 0.2) is 5.52 Å². The maximum atomic E-state index is 13.3. The van der Waals surface area contributed by atoms with Crippen molar-refractivity contribution in [1.29, 1.82) is 0 Å². The highest BCUT2D eigenvalue weighted by molar-refractivity contribution is 5.79. The number of methoxy groups -OCH3 is 1. The van der Waals surface area contributed by atoms with Crippen LogP contribution in [0.1, 0.15) is 0 Å². The van der Waals surface area contributed by atoms with E-state index >= 15 is 0 Å². The van der Waals surface area contributed by atoms with Crippen LogP contribution < -0.4 is 5.56 Å². The first-order valence-corrected chi connectivity index (χ1v) is 6.79. The fourth-order valence-electron chi connectivity index (χ4n) is 2.21. The molecule has 0 saturated carbocycles. The first kappa shape index (κ1) is 14.3. The largest absolute Gasteiger partial charge is 0.383 e. The van der Waals surface area contributed by atoms with Crippen molar-refractivity contribution in [2.45, 2.75) is 6.54 Å². The van der Waals surface area contributed by atoms with E-state index in [2.05, 4.69) is 9.97 Å². The molecule has 0 bridgehead atoms. The van der Waals surface area contributed by atoms with E-state index in [9.17, 15) is 9.18 Å². The Labute approximate surface area is 126 Å². The number of rotatable bonds is 4. The molecule has 0 spiro atoms. The Kier molecular flexibility index (Phi) is 3.93. The summed E-state index contributed by atoms with van der Waals surface area (Å²) in [5, 5.41) is 0. The molecule has 3 rings (SSSR count). The maximum Gasteiger partial charge on any atom is 0.279 e. The van der Waals surface area contributed by atoms with Crippen molar-refractivity contribution in [3.63, 3.8) is 0 Å². The summed E-state index contributed by atoms with van der Waals surface area (Å²) in [6.07, 6.45) is 3.03. The number of fused-ring (bicyclic) bond motifs is 1. The van der Waals surface area contributed by atoms with Crippen LogP contribution in [-0.2, 0) is 11.3 Å². The third-order valence-corrected chi connectivity index (χ3v) is 3.36. The molecule has 2 aromatic heterocycles. The number of ether oxygens (including phenoxy) is 1. The molecule has 22 heavy (non-hydrogen) atoms. The molecule has 0 N–H and O–H groups in total. The fraction of sp³-hybridized carbons (Fsp3) is 0.188. The Bertz CT molecular complexity index is 877. The van der Waals surface area contributed by atoms with Crippen LogP contribution in [0.2, 0.25) is 0 Å². The lowest BCUT2D eigenvalue weighted by Gasteiger charge is -2.07. The van der Waals surface area contributed by atoms with E-state index < -0.39 is 0 Å². The number of hydrogen-bond donors (Lipinski definition) is 0. The number of pyridine rings is 1. The molecule has 6 heteroatoms. The zero-order valence-corrected chi connectivity index (χ0v) is 12.0. The lowest BCUT2D eigenvalue weighted by Crippen LogP contribution is -2.23. The van der Waals surface area contributed by atoms with Crippen LogP contribution in [0, 0.1) is 5.82 Å². The van der Waals surface area contributed by atoms with E-state index in [1.165, 1.54) is 23.0 Å². The monoisotopic (exact) mass is 299 g/mol. The molecule has 0 aliphatic heterocycles. The normalized spacial score (nSPS) is 11.0. The Hall–Kier alpha value is -2.60. The van der Waals surface area contributed by atoms with E-state index in [0.29, 0.717) is 35.3 Å². The highest BCUT2D eigenvalue weighted by atomic mass is 19.1. The molecule has 0 aliphatic carbocycles. The minimum atomic E-state index is -0.319. The first-order chi connectivity index (χ1) is 10.7. The summed E-state index contributed by atoms with van der Waals surface area (Å²) in [5.41, 5.74) is 1.97. The summed E-state index contributed by atoms with van der Waals surface area (Å²) in [6.45, 7) is 0.847. The summed E-state index contributed by atoms with van der Waals surface area (Å²) in [7, 11) is 1.57. The molecule has 1 aromatic carbocycles. The lowest BCUT2D eigenvalue weighted by molar-refractivity contribution is 0.186. The molecule has 2 heterocycles. The van der Waals surface area contributed by atoms with Gasteiger partial charge in [-0.05, 0) is 23.8 Å². The summed E-state index contributed by atoms with van der Waals surface area (Å²) in [5.74, 6) is -0.319. The number of hydrogen-bond acceptors (Lipinski definition) is 4. The molecule has 0 aliphatic rings. The van der Waals surface area contributed by atoms with Gasteiger partial charge in [-0.1, -0.05) is 12.1 Å². The molecule has 5 nitrogen and oxygen atoms in total. The van der Waals surface area contributed by atoms with Gasteiger partial charge in [0.05, 0.1) is 25.0 Å². The fourth-order valence-corrected chi connectivity index (χ4v) is 2.21. The van der Waals surface area contributed by atoms with Crippen molar-refractivity contribution < 1.29 is 9.13 Å². The minimum Gasteiger partial charge on any atom is -0.383 e. The third-order valence-electron chi connectivity index (χ3n) is 3.36. The van der Waals surface area contributed by atoms with Crippen LogP contribution >= 0.6 is 0 Å². The van der Waals surface area contributed by atoms with Crippen molar-refractivity contribution >= 4 is 11.0 Å². The van der Waals surface area contributed by atoms with Crippen molar-refractivity contribution in [3.8, 4) is 11.1 Å². The van der Waals surface area contributed by atoms with Crippen LogP contribution in [0.5, 0.6) is 0 Å². The van der Waals surface area contributed by atoms with E-state index in [1.54, 1.807) is 31.5 Å². The van der Waals surface area contributed by atoms with Crippen molar-refractivity contribution in [2.75, 3.05) is 13.7 Å². The second-order valence-corrected chi connectivity index (χ2v) is 4.84. The second kappa shape index (κ2) is 6.03. The van der Waals surface area contributed by atoms with Gasteiger partial charge < -0.3 is 4.74 Å². The number of benzene rings is 1. The molecule has 0 fully saturated rings. The van der Waals surface area contributed by atoms with Gasteiger partial charge in [0.2, 0.25) is 0 Å². The molecular weight excluding hydrogens is 285 g/mol. The Balaban J connectivity index is 2.06. The highest BCUT2D eigenvalue weighted by Crippen LogP contribution is 2.21. The molecule has 0 unspecified atom stereocenters. The van der Waals surface area contributed by atoms with Gasteiger partial charge in [0.25, 0.3) is 5.56 Å². The lowest BCUT2D eigenvalue weighted by atomic mass is 10.1. The molecule has 0 radical (unpaired) electrons. The topological polar surface area (TPSA) is 57.0 Å². The SMILES string of the molecule is COCCn1cnc2cc(-c3cccc(F)c3)cnc2c1=O. The number of halogens is 1. The van der Waals surface area contributed by atoms with Crippen molar-refractivity contribution in [3.05, 3.63) is 59.0 Å². The molecule has 0 atom stereocenters. The van der Waals surface area contributed by atoms with Crippen LogP contribution in [-0.4, -0.2) is 28.3 Å². The zero-order valence-electron chi connectivity index (χ0n) is 12.0. The van der Waals surface area contributed by atoms with Gasteiger partial charge in [0.1, 0.15) is 5.82 Å². The van der Waals surface area contributed by atoms with E-state index in [-0.39, 0.29) is 11.4 Å². The Morgan fingerprint density at radius 3 is 2.86 bits per heavy atom. The molecule has 0 saturated heterocycles. The van der Waals surface area contributed by atoms with E-state index in [1.807, 2.05) is 0 Å². The van der Waals surface area contributed by atoms with Crippen LogP contribution in [0.25, 0.3) is 22.2 Å². The van der Waals surface area contributed by atoms with Gasteiger partial charge in [-0.2, -0.15) is 0 Å². The van der Waals surface area contributed by atoms with Gasteiger partial charge in [0, 0.05) is 18.9 Å². The van der Waals surface area contributed by atoms with E-state index in [0.717, 1.165) is 0 Å². The average molecular weight is 299 g/mol. The van der Waals surface area contributed by atoms with Gasteiger partial charge >= 0.3 is 0 Å². The summed E-state index contributed by atoms with van der Waals surface area (Å²) >= 11 is 0. The molecule has 0 amide bonds. The molecule has 112 valence electrons. The van der Waals surface area contributed by atoms with Crippen molar-refractivity contribution in [2.24, 2.45) is 0 Å². The molecule has 3 aromatic rings. The van der Waals surface area contributed by atoms with Gasteiger partial charge in [-0.15, -0.1) is 0 Å². The van der Waals surface area contributed by atoms with Gasteiger partial charge in [-0.25, -0.2) is 14.4 Å². The zero-order chi connectivity index (χ0) is 15.5. The summed E-state index contributed by atoms with van der Waals surface area (Å²) < 4.78 is 19.7. The Morgan fingerprint density at radius 1 is 1.23 bits per heavy atom. The van der Waals surface area contributed by atoms with E-state index in [4.69, 9.17) is 4.74 Å². The smallest absolute Gasteiger partial charge is 0.279 e. The second-order valence-electron chi connectivity index (χ2n) is 4.84. The maximum absolute atomic E-state index is 13.3. The number of nitrogens with zero attached hydrogens (tertiary/aromatic N) is 3. The quantitative estimate of drug-likeness (QED) is 0.741.